The molecule has 358 valence electrons. The predicted molar refractivity (Wildman–Crippen MR) is 264 cm³/mol. The number of hydrogen-bond donors (Lipinski definition) is 3. The van der Waals surface area contributed by atoms with E-state index >= 15 is 0 Å². The molecule has 0 fully saturated rings. The Morgan fingerprint density at radius 3 is 1.26 bits per heavy atom. The average Bonchev–Trinajstić information content (AvgIpc) is 3.26. The highest BCUT2D eigenvalue weighted by atomic mass is 16.5. The van der Waals surface area contributed by atoms with E-state index in [-0.39, 0.29) is 18.5 Å². The van der Waals surface area contributed by atoms with Gasteiger partial charge in [0.15, 0.2) is 0 Å². The van der Waals surface area contributed by atoms with Crippen molar-refractivity contribution in [1.82, 2.24) is 5.32 Å². The van der Waals surface area contributed by atoms with Gasteiger partial charge in [0.1, 0.15) is 0 Å². The van der Waals surface area contributed by atoms with Gasteiger partial charge >= 0.3 is 5.97 Å². The Morgan fingerprint density at radius 2 is 0.820 bits per heavy atom. The number of carbonyl (C=O) groups excluding carboxylic acids is 2. The fourth-order valence-electron chi connectivity index (χ4n) is 8.04. The van der Waals surface area contributed by atoms with Crippen LogP contribution in [0.4, 0.5) is 0 Å². The Hall–Kier alpha value is -1.92. The summed E-state index contributed by atoms with van der Waals surface area (Å²) in [6.07, 6.45) is 61.2. The van der Waals surface area contributed by atoms with E-state index in [1.54, 1.807) is 0 Å². The van der Waals surface area contributed by atoms with Gasteiger partial charge in [0.25, 0.3) is 0 Å². The molecule has 0 aromatic rings. The number of amides is 1. The van der Waals surface area contributed by atoms with Crippen molar-refractivity contribution in [2.24, 2.45) is 0 Å². The van der Waals surface area contributed by atoms with Crippen LogP contribution in [-0.2, 0) is 14.3 Å². The lowest BCUT2D eigenvalue weighted by Crippen LogP contribution is -2.45. The van der Waals surface area contributed by atoms with Crippen molar-refractivity contribution in [3.63, 3.8) is 0 Å². The first-order valence-corrected chi connectivity index (χ1v) is 26.8. The molecule has 0 aliphatic carbocycles. The maximum Gasteiger partial charge on any atom is 0.305 e. The molecule has 0 aliphatic heterocycles. The van der Waals surface area contributed by atoms with Gasteiger partial charge in [-0.2, -0.15) is 0 Å². The molecule has 2 unspecified atom stereocenters. The lowest BCUT2D eigenvalue weighted by atomic mass is 10.0. The van der Waals surface area contributed by atoms with E-state index in [9.17, 15) is 19.8 Å². The van der Waals surface area contributed by atoms with Gasteiger partial charge in [-0.25, -0.2) is 0 Å². The van der Waals surface area contributed by atoms with Gasteiger partial charge in [-0.3, -0.25) is 9.59 Å². The molecule has 6 heteroatoms. The van der Waals surface area contributed by atoms with Crippen molar-refractivity contribution >= 4 is 11.9 Å². The molecule has 0 radical (unpaired) electrons. The zero-order chi connectivity index (χ0) is 44.4. The van der Waals surface area contributed by atoms with E-state index in [0.29, 0.717) is 25.9 Å². The first-order valence-electron chi connectivity index (χ1n) is 26.8. The number of allylic oxidation sites excluding steroid dienone is 6. The van der Waals surface area contributed by atoms with E-state index in [1.807, 2.05) is 0 Å². The standard InChI is InChI=1S/C55H103NO5/c1-3-5-7-9-11-13-15-17-20-23-27-31-35-39-43-47-53(58)52(51-57)56-54(59)48-44-40-36-32-28-24-21-19-22-26-30-34-38-42-46-50-61-55(60)49-45-41-37-33-29-25-18-16-14-12-10-8-6-4-2/h16,18-19,22,26,30,52-53,57-58H,3-15,17,20-21,23-25,27-29,31-51H2,1-2H3,(H,56,59)/b18-16-,22-19-,30-26-. The predicted octanol–water partition coefficient (Wildman–Crippen LogP) is 16.1. The number of hydrogen-bond acceptors (Lipinski definition) is 5. The number of nitrogens with one attached hydrogen (secondary N) is 1. The first-order chi connectivity index (χ1) is 30.0. The molecule has 0 saturated heterocycles. The van der Waals surface area contributed by atoms with Crippen molar-refractivity contribution in [3.8, 4) is 0 Å². The number of unbranched alkanes of at least 4 members (excludes halogenated alkanes) is 33. The molecule has 0 heterocycles. The van der Waals surface area contributed by atoms with Gasteiger partial charge in [-0.1, -0.05) is 217 Å². The lowest BCUT2D eigenvalue weighted by Gasteiger charge is -2.22. The number of ether oxygens (including phenoxy) is 1. The van der Waals surface area contributed by atoms with Crippen molar-refractivity contribution in [3.05, 3.63) is 36.5 Å². The summed E-state index contributed by atoms with van der Waals surface area (Å²) >= 11 is 0. The van der Waals surface area contributed by atoms with Crippen LogP contribution in [0, 0.1) is 0 Å². The summed E-state index contributed by atoms with van der Waals surface area (Å²) in [6, 6.07) is -0.558. The van der Waals surface area contributed by atoms with Gasteiger partial charge in [0, 0.05) is 12.8 Å². The molecule has 61 heavy (non-hydrogen) atoms. The minimum absolute atomic E-state index is 0.0305. The fraction of sp³-hybridized carbons (Fsp3) is 0.855. The topological polar surface area (TPSA) is 95.9 Å². The summed E-state index contributed by atoms with van der Waals surface area (Å²) in [6.45, 7) is 4.88. The third kappa shape index (κ3) is 47.4. The molecule has 0 spiro atoms. The second-order valence-electron chi connectivity index (χ2n) is 18.2. The van der Waals surface area contributed by atoms with Gasteiger partial charge in [0.2, 0.25) is 5.91 Å². The SMILES string of the molecule is CCCCCCC/C=C\CCCCCCCC(=O)OCCCCC/C=C\C=C/CCCCCCCCC(=O)NC(CO)C(O)CCCCCCCCCCCCCCCCC. The molecule has 2 atom stereocenters. The van der Waals surface area contributed by atoms with Crippen LogP contribution in [0.15, 0.2) is 36.5 Å². The van der Waals surface area contributed by atoms with Crippen molar-refractivity contribution in [2.45, 2.75) is 289 Å². The third-order valence-electron chi connectivity index (χ3n) is 12.2. The van der Waals surface area contributed by atoms with Crippen molar-refractivity contribution in [1.29, 1.82) is 0 Å². The van der Waals surface area contributed by atoms with E-state index in [0.717, 1.165) is 77.0 Å². The Balaban J connectivity index is 3.53. The van der Waals surface area contributed by atoms with Crippen LogP contribution in [0.2, 0.25) is 0 Å². The fourth-order valence-corrected chi connectivity index (χ4v) is 8.04. The Morgan fingerprint density at radius 1 is 0.459 bits per heavy atom. The summed E-state index contributed by atoms with van der Waals surface area (Å²) in [4.78, 5) is 24.5. The monoisotopic (exact) mass is 858 g/mol. The van der Waals surface area contributed by atoms with E-state index in [1.165, 1.54) is 167 Å². The number of aliphatic hydroxyl groups excluding tert-OH is 2. The van der Waals surface area contributed by atoms with Crippen LogP contribution < -0.4 is 5.32 Å². The molecule has 0 saturated carbocycles. The number of esters is 1. The second kappa shape index (κ2) is 50.7. The number of rotatable bonds is 49. The quantitative estimate of drug-likeness (QED) is 0.0245. The average molecular weight is 858 g/mol. The Bertz CT molecular complexity index is 993. The Kier molecular flexibility index (Phi) is 49.1. The molecule has 0 aromatic carbocycles. The summed E-state index contributed by atoms with van der Waals surface area (Å²) in [7, 11) is 0. The van der Waals surface area contributed by atoms with Crippen LogP contribution in [-0.4, -0.2) is 47.4 Å². The zero-order valence-electron chi connectivity index (χ0n) is 40.6. The van der Waals surface area contributed by atoms with Gasteiger partial charge in [-0.05, 0) is 83.5 Å². The summed E-state index contributed by atoms with van der Waals surface area (Å²) < 4.78 is 5.43. The second-order valence-corrected chi connectivity index (χ2v) is 18.2. The molecule has 0 rings (SSSR count). The smallest absolute Gasteiger partial charge is 0.305 e. The molecule has 3 N–H and O–H groups in total. The summed E-state index contributed by atoms with van der Waals surface area (Å²) in [5.41, 5.74) is 0. The van der Waals surface area contributed by atoms with E-state index < -0.39 is 12.1 Å². The molecular formula is C55H103NO5. The maximum atomic E-state index is 12.4. The largest absolute Gasteiger partial charge is 0.466 e. The van der Waals surface area contributed by atoms with Crippen LogP contribution in [0.1, 0.15) is 277 Å². The molecule has 6 nitrogen and oxygen atoms in total. The van der Waals surface area contributed by atoms with Crippen molar-refractivity contribution in [2.75, 3.05) is 13.2 Å². The van der Waals surface area contributed by atoms with Crippen LogP contribution in [0.5, 0.6) is 0 Å². The van der Waals surface area contributed by atoms with Crippen LogP contribution >= 0.6 is 0 Å². The molecular weight excluding hydrogens is 755 g/mol. The molecule has 0 aromatic heterocycles. The Labute approximate surface area is 379 Å². The summed E-state index contributed by atoms with van der Waals surface area (Å²) in [5.74, 6) is -0.0882. The minimum Gasteiger partial charge on any atom is -0.466 e. The zero-order valence-corrected chi connectivity index (χ0v) is 40.6. The maximum absolute atomic E-state index is 12.4. The molecule has 1 amide bonds. The minimum atomic E-state index is -0.679. The van der Waals surface area contributed by atoms with Gasteiger partial charge in [-0.15, -0.1) is 0 Å². The highest BCUT2D eigenvalue weighted by molar-refractivity contribution is 5.76. The highest BCUT2D eigenvalue weighted by Crippen LogP contribution is 2.16. The molecule has 0 bridgehead atoms. The van der Waals surface area contributed by atoms with Gasteiger partial charge < -0.3 is 20.3 Å². The van der Waals surface area contributed by atoms with E-state index in [4.69, 9.17) is 4.74 Å². The van der Waals surface area contributed by atoms with E-state index in [2.05, 4.69) is 55.6 Å². The first kappa shape index (κ1) is 59.1. The third-order valence-corrected chi connectivity index (χ3v) is 12.2. The van der Waals surface area contributed by atoms with Crippen molar-refractivity contribution < 1.29 is 24.5 Å². The van der Waals surface area contributed by atoms with Crippen LogP contribution in [0.25, 0.3) is 0 Å². The lowest BCUT2D eigenvalue weighted by molar-refractivity contribution is -0.143. The normalized spacial score (nSPS) is 12.9. The summed E-state index contributed by atoms with van der Waals surface area (Å²) in [5, 5.41) is 23.2. The van der Waals surface area contributed by atoms with Gasteiger partial charge in [0.05, 0.1) is 25.4 Å². The number of carbonyl (C=O) groups is 2. The molecule has 0 aliphatic rings. The number of aliphatic hydroxyl groups is 2. The van der Waals surface area contributed by atoms with Crippen LogP contribution in [0.3, 0.4) is 0 Å². The highest BCUT2D eigenvalue weighted by Gasteiger charge is 2.20.